The summed E-state index contributed by atoms with van der Waals surface area (Å²) in [7, 11) is 0. The Morgan fingerprint density at radius 2 is 2.50 bits per heavy atom. The molecule has 2 heterocycles. The molecule has 0 amide bonds. The molecule has 2 heteroatoms. The minimum atomic E-state index is 0.250. The lowest BCUT2D eigenvalue weighted by molar-refractivity contribution is 1.04. The van der Waals surface area contributed by atoms with E-state index < -0.39 is 0 Å². The van der Waals surface area contributed by atoms with Crippen LogP contribution in [0.1, 0.15) is 6.92 Å². The summed E-state index contributed by atoms with van der Waals surface area (Å²) in [6.07, 6.45) is 0. The van der Waals surface area contributed by atoms with Crippen LogP contribution in [0.3, 0.4) is 0 Å². The molecule has 2 rings (SSSR count). The normalized spacial score (nSPS) is 49.2. The van der Waals surface area contributed by atoms with Crippen molar-refractivity contribution in [2.75, 3.05) is 6.54 Å². The molecule has 1 atom stereocenters. The van der Waals surface area contributed by atoms with Gasteiger partial charge in [0, 0.05) is 6.54 Å². The average Bonchev–Trinajstić information content (AvgIpc) is 2.25. The second kappa shape index (κ2) is 0.451. The zero-order valence-electron chi connectivity index (χ0n) is 3.65. The average molecular weight is 82.1 g/mol. The van der Waals surface area contributed by atoms with Crippen molar-refractivity contribution in [3.63, 3.8) is 0 Å². The maximum Gasteiger partial charge on any atom is 0.161 e. The summed E-state index contributed by atoms with van der Waals surface area (Å²) in [5.74, 6) is 0. The molecule has 0 saturated carbocycles. The molecule has 2 nitrogen and oxygen atoms in total. The van der Waals surface area contributed by atoms with Crippen LogP contribution in [-0.2, 0) is 0 Å². The second-order valence-corrected chi connectivity index (χ2v) is 1.91. The summed E-state index contributed by atoms with van der Waals surface area (Å²) in [6, 6.07) is 0. The first-order valence-electron chi connectivity index (χ1n) is 2.15. The molecule has 0 aliphatic carbocycles. The van der Waals surface area contributed by atoms with Crippen LogP contribution in [0.5, 0.6) is 0 Å². The predicted octanol–water partition coefficient (Wildman–Crippen LogP) is -0.240. The van der Waals surface area contributed by atoms with Crippen molar-refractivity contribution >= 4 is 5.71 Å². The fourth-order valence-corrected chi connectivity index (χ4v) is 0.677. The molecule has 0 aromatic rings. The summed E-state index contributed by atoms with van der Waals surface area (Å²) in [5, 5.41) is 3.13. The van der Waals surface area contributed by atoms with E-state index in [9.17, 15) is 0 Å². The highest BCUT2D eigenvalue weighted by atomic mass is 15.4. The van der Waals surface area contributed by atoms with Crippen molar-refractivity contribution in [3.05, 3.63) is 0 Å². The lowest BCUT2D eigenvalue weighted by Gasteiger charge is -1.67. The zero-order valence-corrected chi connectivity index (χ0v) is 3.65. The van der Waals surface area contributed by atoms with Gasteiger partial charge in [0.25, 0.3) is 0 Å². The van der Waals surface area contributed by atoms with E-state index in [4.69, 9.17) is 0 Å². The van der Waals surface area contributed by atoms with E-state index in [-0.39, 0.29) is 5.66 Å². The molecule has 1 N–H and O–H groups in total. The molecule has 2 aliphatic heterocycles. The van der Waals surface area contributed by atoms with E-state index in [1.165, 1.54) is 5.71 Å². The number of aliphatic imine (C=N–C) groups is 1. The predicted molar refractivity (Wildman–Crippen MR) is 23.8 cm³/mol. The van der Waals surface area contributed by atoms with Gasteiger partial charge in [0.2, 0.25) is 0 Å². The van der Waals surface area contributed by atoms with E-state index in [2.05, 4.69) is 17.2 Å². The highest BCUT2D eigenvalue weighted by Crippen LogP contribution is 2.33. The van der Waals surface area contributed by atoms with Crippen molar-refractivity contribution in [3.8, 4) is 0 Å². The molecule has 1 unspecified atom stereocenters. The Morgan fingerprint density at radius 1 is 2.00 bits per heavy atom. The van der Waals surface area contributed by atoms with Crippen LogP contribution in [0.2, 0.25) is 0 Å². The Bertz CT molecular complexity index is 122. The molecule has 1 saturated heterocycles. The van der Waals surface area contributed by atoms with Crippen LogP contribution in [0.4, 0.5) is 0 Å². The van der Waals surface area contributed by atoms with Crippen LogP contribution in [0.15, 0.2) is 4.99 Å². The third-order valence-corrected chi connectivity index (χ3v) is 1.42. The Kier molecular flexibility index (Phi) is 0.206. The molecule has 1 fully saturated rings. The first-order valence-corrected chi connectivity index (χ1v) is 2.15. The van der Waals surface area contributed by atoms with E-state index in [0.29, 0.717) is 0 Å². The fraction of sp³-hybridized carbons (Fsp3) is 0.750. The Hall–Kier alpha value is -0.370. The molecule has 0 aromatic carbocycles. The van der Waals surface area contributed by atoms with Gasteiger partial charge in [-0.05, 0) is 6.92 Å². The lowest BCUT2D eigenvalue weighted by atomic mass is 10.4. The van der Waals surface area contributed by atoms with Crippen molar-refractivity contribution in [1.82, 2.24) is 5.32 Å². The number of hydrogen-bond acceptors (Lipinski definition) is 2. The summed E-state index contributed by atoms with van der Waals surface area (Å²) in [6.45, 7) is 3.15. The number of nitrogens with one attached hydrogen (secondary N) is 1. The SMILES string of the molecule is CC1=NC12CN2. The minimum Gasteiger partial charge on any atom is -0.283 e. The van der Waals surface area contributed by atoms with Gasteiger partial charge in [0.1, 0.15) is 0 Å². The summed E-state index contributed by atoms with van der Waals surface area (Å²) in [5.41, 5.74) is 1.53. The minimum absolute atomic E-state index is 0.250. The molecule has 2 aliphatic rings. The van der Waals surface area contributed by atoms with Gasteiger partial charge in [-0.1, -0.05) is 0 Å². The third-order valence-electron chi connectivity index (χ3n) is 1.42. The molecule has 1 spiro atoms. The van der Waals surface area contributed by atoms with E-state index in [1.807, 2.05) is 0 Å². The van der Waals surface area contributed by atoms with Gasteiger partial charge in [-0.3, -0.25) is 10.3 Å². The maximum absolute atomic E-state index is 4.10. The van der Waals surface area contributed by atoms with Crippen molar-refractivity contribution < 1.29 is 0 Å². The molecule has 6 heavy (non-hydrogen) atoms. The molecule has 0 bridgehead atoms. The molecule has 32 valence electrons. The summed E-state index contributed by atoms with van der Waals surface area (Å²) >= 11 is 0. The van der Waals surface area contributed by atoms with E-state index in [0.717, 1.165) is 6.54 Å². The molecule has 0 aromatic heterocycles. The second-order valence-electron chi connectivity index (χ2n) is 1.91. The van der Waals surface area contributed by atoms with Gasteiger partial charge in [0.05, 0.1) is 5.71 Å². The summed E-state index contributed by atoms with van der Waals surface area (Å²) < 4.78 is 0. The van der Waals surface area contributed by atoms with Crippen LogP contribution < -0.4 is 5.32 Å². The van der Waals surface area contributed by atoms with Gasteiger partial charge in [-0.15, -0.1) is 0 Å². The van der Waals surface area contributed by atoms with Gasteiger partial charge in [0.15, 0.2) is 5.66 Å². The van der Waals surface area contributed by atoms with E-state index in [1.54, 1.807) is 0 Å². The molecular formula is C4H6N2. The third kappa shape index (κ3) is 0.135. The highest BCUT2D eigenvalue weighted by molar-refractivity contribution is 6.06. The Balaban J connectivity index is 2.26. The molecular weight excluding hydrogens is 76.1 g/mol. The molecule has 0 radical (unpaired) electrons. The van der Waals surface area contributed by atoms with Crippen LogP contribution >= 0.6 is 0 Å². The Labute approximate surface area is 36.3 Å². The van der Waals surface area contributed by atoms with Gasteiger partial charge in [-0.25, -0.2) is 0 Å². The topological polar surface area (TPSA) is 34.3 Å². The zero-order chi connectivity index (χ0) is 4.20. The number of rotatable bonds is 0. The number of hydrogen-bond donors (Lipinski definition) is 1. The quantitative estimate of drug-likeness (QED) is 0.402. The largest absolute Gasteiger partial charge is 0.283 e. The number of nitrogens with zero attached hydrogens (tertiary/aromatic N) is 1. The van der Waals surface area contributed by atoms with Crippen molar-refractivity contribution in [1.29, 1.82) is 0 Å². The fourth-order valence-electron chi connectivity index (χ4n) is 0.677. The van der Waals surface area contributed by atoms with E-state index >= 15 is 0 Å². The first-order chi connectivity index (χ1) is 2.83. The summed E-state index contributed by atoms with van der Waals surface area (Å²) in [4.78, 5) is 4.10. The van der Waals surface area contributed by atoms with Crippen molar-refractivity contribution in [2.24, 2.45) is 4.99 Å². The van der Waals surface area contributed by atoms with Crippen LogP contribution in [0, 0.1) is 0 Å². The maximum atomic E-state index is 4.10. The van der Waals surface area contributed by atoms with Crippen LogP contribution in [-0.4, -0.2) is 17.9 Å². The van der Waals surface area contributed by atoms with Crippen molar-refractivity contribution in [2.45, 2.75) is 12.6 Å². The first kappa shape index (κ1) is 2.75. The smallest absolute Gasteiger partial charge is 0.161 e. The van der Waals surface area contributed by atoms with Gasteiger partial charge >= 0.3 is 0 Å². The standard InChI is InChI=1S/C4H6N2/c1-3-4(6-3)2-5-4/h5H,2H2,1H3. The monoisotopic (exact) mass is 82.1 g/mol. The van der Waals surface area contributed by atoms with Gasteiger partial charge in [-0.2, -0.15) is 0 Å². The van der Waals surface area contributed by atoms with Crippen LogP contribution in [0.25, 0.3) is 0 Å². The van der Waals surface area contributed by atoms with Gasteiger partial charge < -0.3 is 0 Å². The highest BCUT2D eigenvalue weighted by Gasteiger charge is 2.54. The Morgan fingerprint density at radius 3 is 2.50 bits per heavy atom. The lowest BCUT2D eigenvalue weighted by Crippen LogP contribution is -1.97.